The van der Waals surface area contributed by atoms with Gasteiger partial charge in [0.2, 0.25) is 5.91 Å². The summed E-state index contributed by atoms with van der Waals surface area (Å²) < 4.78 is 0. The number of fused-ring (bicyclic) bond motifs is 2. The molecule has 0 aliphatic carbocycles. The first kappa shape index (κ1) is 7.10. The van der Waals surface area contributed by atoms with Crippen LogP contribution in [0.5, 0.6) is 0 Å². The molecule has 2 bridgehead atoms. The number of hydrogen-bond acceptors (Lipinski definition) is 2. The summed E-state index contributed by atoms with van der Waals surface area (Å²) >= 11 is 0. The van der Waals surface area contributed by atoms with Crippen molar-refractivity contribution in [2.24, 2.45) is 0 Å². The minimum atomic E-state index is 0.215. The Labute approximate surface area is 66.5 Å². The Morgan fingerprint density at radius 1 is 1.27 bits per heavy atom. The van der Waals surface area contributed by atoms with E-state index in [2.05, 4.69) is 10.6 Å². The van der Waals surface area contributed by atoms with Crippen LogP contribution in [0, 0.1) is 0 Å². The van der Waals surface area contributed by atoms with Gasteiger partial charge in [0, 0.05) is 25.0 Å². The van der Waals surface area contributed by atoms with Crippen molar-refractivity contribution in [3.63, 3.8) is 0 Å². The van der Waals surface area contributed by atoms with Crippen molar-refractivity contribution in [2.45, 2.75) is 37.8 Å². The van der Waals surface area contributed by atoms with Gasteiger partial charge in [0.05, 0.1) is 0 Å². The Bertz CT molecular complexity index is 169. The van der Waals surface area contributed by atoms with Gasteiger partial charge in [-0.3, -0.25) is 4.79 Å². The van der Waals surface area contributed by atoms with E-state index in [-0.39, 0.29) is 5.91 Å². The number of piperidine rings is 1. The quantitative estimate of drug-likeness (QED) is 0.516. The fourth-order valence-corrected chi connectivity index (χ4v) is 1.97. The van der Waals surface area contributed by atoms with Crippen LogP contribution >= 0.6 is 0 Å². The maximum absolute atomic E-state index is 11.1. The van der Waals surface area contributed by atoms with Gasteiger partial charge in [-0.1, -0.05) is 6.42 Å². The van der Waals surface area contributed by atoms with Gasteiger partial charge in [0.15, 0.2) is 0 Å². The first-order valence-electron chi connectivity index (χ1n) is 4.37. The molecule has 0 aromatic carbocycles. The van der Waals surface area contributed by atoms with E-state index in [0.717, 1.165) is 6.54 Å². The van der Waals surface area contributed by atoms with Gasteiger partial charge in [-0.15, -0.1) is 0 Å². The molecule has 3 nitrogen and oxygen atoms in total. The van der Waals surface area contributed by atoms with E-state index in [0.29, 0.717) is 18.5 Å². The molecule has 0 aromatic heterocycles. The van der Waals surface area contributed by atoms with Crippen molar-refractivity contribution in [1.82, 2.24) is 10.6 Å². The molecule has 0 spiro atoms. The number of hydrogen-bond donors (Lipinski definition) is 2. The van der Waals surface area contributed by atoms with Crippen molar-refractivity contribution >= 4 is 5.91 Å². The Morgan fingerprint density at radius 3 is 3.00 bits per heavy atom. The van der Waals surface area contributed by atoms with Crippen LogP contribution in [0.3, 0.4) is 0 Å². The monoisotopic (exact) mass is 154 g/mol. The van der Waals surface area contributed by atoms with Gasteiger partial charge >= 0.3 is 0 Å². The SMILES string of the molecule is O=C1CC2CCCC(CN1)N2. The number of nitrogens with one attached hydrogen (secondary N) is 2. The minimum Gasteiger partial charge on any atom is -0.354 e. The van der Waals surface area contributed by atoms with E-state index < -0.39 is 0 Å². The van der Waals surface area contributed by atoms with Crippen LogP contribution in [0.2, 0.25) is 0 Å². The van der Waals surface area contributed by atoms with Crippen LogP contribution in [0.25, 0.3) is 0 Å². The Hall–Kier alpha value is -0.570. The third-order valence-electron chi connectivity index (χ3n) is 2.55. The molecule has 2 N–H and O–H groups in total. The minimum absolute atomic E-state index is 0.215. The Morgan fingerprint density at radius 2 is 2.09 bits per heavy atom. The lowest BCUT2D eigenvalue weighted by molar-refractivity contribution is -0.121. The van der Waals surface area contributed by atoms with E-state index in [4.69, 9.17) is 0 Å². The molecule has 2 atom stereocenters. The van der Waals surface area contributed by atoms with Crippen molar-refractivity contribution in [3.8, 4) is 0 Å². The summed E-state index contributed by atoms with van der Waals surface area (Å²) in [6.45, 7) is 0.829. The highest BCUT2D eigenvalue weighted by atomic mass is 16.1. The van der Waals surface area contributed by atoms with Gasteiger partial charge in [0.25, 0.3) is 0 Å². The molecule has 62 valence electrons. The molecule has 2 heterocycles. The molecule has 2 aliphatic heterocycles. The van der Waals surface area contributed by atoms with Crippen molar-refractivity contribution in [2.75, 3.05) is 6.54 Å². The molecule has 2 unspecified atom stereocenters. The van der Waals surface area contributed by atoms with Gasteiger partial charge < -0.3 is 10.6 Å². The summed E-state index contributed by atoms with van der Waals surface area (Å²) in [7, 11) is 0. The standard InChI is InChI=1S/C8H14N2O/c11-8-4-6-2-1-3-7(10-6)5-9-8/h6-7,10H,1-5H2,(H,9,11). The molecule has 0 saturated carbocycles. The van der Waals surface area contributed by atoms with Crippen molar-refractivity contribution in [1.29, 1.82) is 0 Å². The van der Waals surface area contributed by atoms with Crippen molar-refractivity contribution in [3.05, 3.63) is 0 Å². The molecule has 3 heteroatoms. The van der Waals surface area contributed by atoms with Crippen LogP contribution in [0.15, 0.2) is 0 Å². The second-order valence-corrected chi connectivity index (χ2v) is 3.50. The predicted molar refractivity (Wildman–Crippen MR) is 42.2 cm³/mol. The fraction of sp³-hybridized carbons (Fsp3) is 0.875. The molecule has 2 aliphatic rings. The topological polar surface area (TPSA) is 41.1 Å². The zero-order valence-corrected chi connectivity index (χ0v) is 6.60. The average Bonchev–Trinajstić information content (AvgIpc) is 2.12. The zero-order valence-electron chi connectivity index (χ0n) is 6.60. The van der Waals surface area contributed by atoms with Crippen LogP contribution in [0.1, 0.15) is 25.7 Å². The third kappa shape index (κ3) is 1.53. The van der Waals surface area contributed by atoms with E-state index in [1.165, 1.54) is 19.3 Å². The zero-order chi connectivity index (χ0) is 7.68. The molecular formula is C8H14N2O. The molecule has 2 fully saturated rings. The third-order valence-corrected chi connectivity index (χ3v) is 2.55. The maximum atomic E-state index is 11.1. The first-order chi connectivity index (χ1) is 5.34. The normalized spacial score (nSPS) is 37.6. The number of amides is 1. The highest BCUT2D eigenvalue weighted by Crippen LogP contribution is 2.16. The highest BCUT2D eigenvalue weighted by molar-refractivity contribution is 5.76. The van der Waals surface area contributed by atoms with Gasteiger partial charge in [-0.2, -0.15) is 0 Å². The number of carbonyl (C=O) groups excluding carboxylic acids is 1. The summed E-state index contributed by atoms with van der Waals surface area (Å²) in [6.07, 6.45) is 4.34. The predicted octanol–water partition coefficient (Wildman–Crippen LogP) is 0.0170. The summed E-state index contributed by atoms with van der Waals surface area (Å²) in [6, 6.07) is 0.997. The van der Waals surface area contributed by atoms with E-state index in [9.17, 15) is 4.79 Å². The lowest BCUT2D eigenvalue weighted by Crippen LogP contribution is -2.43. The van der Waals surface area contributed by atoms with E-state index >= 15 is 0 Å². The van der Waals surface area contributed by atoms with Crippen LogP contribution in [-0.2, 0) is 4.79 Å². The van der Waals surface area contributed by atoms with Crippen LogP contribution in [0.4, 0.5) is 0 Å². The molecule has 2 rings (SSSR count). The van der Waals surface area contributed by atoms with Crippen molar-refractivity contribution < 1.29 is 4.79 Å². The maximum Gasteiger partial charge on any atom is 0.221 e. The van der Waals surface area contributed by atoms with Gasteiger partial charge in [0.1, 0.15) is 0 Å². The largest absolute Gasteiger partial charge is 0.354 e. The number of rotatable bonds is 0. The van der Waals surface area contributed by atoms with E-state index in [1.807, 2.05) is 0 Å². The second kappa shape index (κ2) is 2.81. The second-order valence-electron chi connectivity index (χ2n) is 3.50. The smallest absolute Gasteiger partial charge is 0.221 e. The molecule has 11 heavy (non-hydrogen) atoms. The van der Waals surface area contributed by atoms with E-state index in [1.54, 1.807) is 0 Å². The van der Waals surface area contributed by atoms with Crippen LogP contribution in [-0.4, -0.2) is 24.5 Å². The summed E-state index contributed by atoms with van der Waals surface area (Å²) in [5, 5.41) is 6.38. The first-order valence-corrected chi connectivity index (χ1v) is 4.37. The molecular weight excluding hydrogens is 140 g/mol. The highest BCUT2D eigenvalue weighted by Gasteiger charge is 2.26. The Balaban J connectivity index is 2.04. The van der Waals surface area contributed by atoms with Gasteiger partial charge in [-0.25, -0.2) is 0 Å². The summed E-state index contributed by atoms with van der Waals surface area (Å²) in [4.78, 5) is 11.1. The summed E-state index contributed by atoms with van der Waals surface area (Å²) in [5.74, 6) is 0.215. The lowest BCUT2D eigenvalue weighted by atomic mass is 9.98. The molecule has 0 radical (unpaired) electrons. The summed E-state index contributed by atoms with van der Waals surface area (Å²) in [5.41, 5.74) is 0. The Kier molecular flexibility index (Phi) is 1.82. The number of carbonyl (C=O) groups is 1. The molecule has 1 amide bonds. The van der Waals surface area contributed by atoms with Gasteiger partial charge in [-0.05, 0) is 12.8 Å². The average molecular weight is 154 g/mol. The fourth-order valence-electron chi connectivity index (χ4n) is 1.97. The molecule has 0 aromatic rings. The lowest BCUT2D eigenvalue weighted by Gasteiger charge is -2.26. The van der Waals surface area contributed by atoms with Crippen LogP contribution < -0.4 is 10.6 Å². The molecule has 2 saturated heterocycles.